The number of hydrogen-bond donors (Lipinski definition) is 1. The minimum Gasteiger partial charge on any atom is -0.497 e. The predicted molar refractivity (Wildman–Crippen MR) is 81.6 cm³/mol. The Kier molecular flexibility index (Phi) is 4.53. The predicted octanol–water partition coefficient (Wildman–Crippen LogP) is 3.25. The topological polar surface area (TPSA) is 56.5 Å². The van der Waals surface area contributed by atoms with Crippen molar-refractivity contribution in [2.75, 3.05) is 14.2 Å². The number of benzene rings is 1. The minimum absolute atomic E-state index is 0.0386. The van der Waals surface area contributed by atoms with Crippen molar-refractivity contribution in [1.29, 1.82) is 0 Å². The standard InChI is InChI=1S/C16H22N2O3/c1-16(2,3)17-9-11-10-21-15(18-11)13-7-6-12(19-4)8-14(13)20-5/h6-8,10,17H,9H2,1-5H3. The van der Waals surface area contributed by atoms with Crippen LogP contribution in [0.15, 0.2) is 28.9 Å². The van der Waals surface area contributed by atoms with E-state index < -0.39 is 0 Å². The van der Waals surface area contributed by atoms with Crippen LogP contribution in [0, 0.1) is 0 Å². The second kappa shape index (κ2) is 6.18. The Bertz CT molecular complexity index is 600. The quantitative estimate of drug-likeness (QED) is 0.916. The molecule has 0 aliphatic carbocycles. The van der Waals surface area contributed by atoms with Crippen LogP contribution < -0.4 is 14.8 Å². The maximum atomic E-state index is 5.56. The number of methoxy groups -OCH3 is 2. The van der Waals surface area contributed by atoms with E-state index in [1.807, 2.05) is 18.2 Å². The van der Waals surface area contributed by atoms with Gasteiger partial charge in [0.25, 0.3) is 0 Å². The third kappa shape index (κ3) is 3.98. The zero-order chi connectivity index (χ0) is 15.5. The van der Waals surface area contributed by atoms with Crippen molar-refractivity contribution in [3.63, 3.8) is 0 Å². The molecular formula is C16H22N2O3. The van der Waals surface area contributed by atoms with Crippen molar-refractivity contribution in [1.82, 2.24) is 10.3 Å². The molecule has 1 aromatic carbocycles. The van der Waals surface area contributed by atoms with Crippen molar-refractivity contribution in [3.8, 4) is 23.0 Å². The molecule has 1 heterocycles. The molecule has 2 rings (SSSR count). The van der Waals surface area contributed by atoms with Gasteiger partial charge in [-0.25, -0.2) is 4.98 Å². The highest BCUT2D eigenvalue weighted by Gasteiger charge is 2.15. The Hall–Kier alpha value is -2.01. The van der Waals surface area contributed by atoms with Crippen LogP contribution in [0.3, 0.4) is 0 Å². The van der Waals surface area contributed by atoms with E-state index >= 15 is 0 Å². The Morgan fingerprint density at radius 2 is 1.95 bits per heavy atom. The van der Waals surface area contributed by atoms with Crippen LogP contribution in [-0.2, 0) is 6.54 Å². The summed E-state index contributed by atoms with van der Waals surface area (Å²) in [6.45, 7) is 6.99. The Morgan fingerprint density at radius 3 is 2.57 bits per heavy atom. The van der Waals surface area contributed by atoms with Crippen LogP contribution in [0.5, 0.6) is 11.5 Å². The van der Waals surface area contributed by atoms with Gasteiger partial charge in [-0.2, -0.15) is 0 Å². The number of hydrogen-bond acceptors (Lipinski definition) is 5. The lowest BCUT2D eigenvalue weighted by Crippen LogP contribution is -2.35. The average molecular weight is 290 g/mol. The molecule has 5 heteroatoms. The van der Waals surface area contributed by atoms with Gasteiger partial charge in [-0.05, 0) is 32.9 Å². The van der Waals surface area contributed by atoms with E-state index in [0.29, 0.717) is 18.2 Å². The maximum Gasteiger partial charge on any atom is 0.229 e. The molecule has 1 N–H and O–H groups in total. The molecule has 0 atom stereocenters. The summed E-state index contributed by atoms with van der Waals surface area (Å²) in [6.07, 6.45) is 1.66. The van der Waals surface area contributed by atoms with Crippen LogP contribution >= 0.6 is 0 Å². The molecule has 0 amide bonds. The van der Waals surface area contributed by atoms with Gasteiger partial charge in [0.1, 0.15) is 17.8 Å². The van der Waals surface area contributed by atoms with E-state index in [-0.39, 0.29) is 5.54 Å². The van der Waals surface area contributed by atoms with Gasteiger partial charge >= 0.3 is 0 Å². The van der Waals surface area contributed by atoms with E-state index in [2.05, 4.69) is 31.1 Å². The fraction of sp³-hybridized carbons (Fsp3) is 0.438. The molecule has 0 radical (unpaired) electrons. The average Bonchev–Trinajstić information content (AvgIpc) is 2.92. The van der Waals surface area contributed by atoms with E-state index in [1.54, 1.807) is 20.5 Å². The van der Waals surface area contributed by atoms with Crippen molar-refractivity contribution >= 4 is 0 Å². The number of nitrogens with one attached hydrogen (secondary N) is 1. The van der Waals surface area contributed by atoms with Gasteiger partial charge in [-0.3, -0.25) is 0 Å². The first-order chi connectivity index (χ1) is 9.93. The molecule has 0 unspecified atom stereocenters. The van der Waals surface area contributed by atoms with E-state index in [0.717, 1.165) is 17.0 Å². The third-order valence-electron chi connectivity index (χ3n) is 2.99. The monoisotopic (exact) mass is 290 g/mol. The molecule has 114 valence electrons. The van der Waals surface area contributed by atoms with Crippen LogP contribution in [-0.4, -0.2) is 24.7 Å². The second-order valence-corrected chi connectivity index (χ2v) is 5.81. The van der Waals surface area contributed by atoms with Crippen molar-refractivity contribution < 1.29 is 13.9 Å². The highest BCUT2D eigenvalue weighted by Crippen LogP contribution is 2.32. The Morgan fingerprint density at radius 1 is 1.19 bits per heavy atom. The molecule has 0 saturated carbocycles. The summed E-state index contributed by atoms with van der Waals surface area (Å²) in [4.78, 5) is 4.50. The van der Waals surface area contributed by atoms with Gasteiger partial charge in [0.05, 0.1) is 25.5 Å². The van der Waals surface area contributed by atoms with Gasteiger partial charge in [-0.15, -0.1) is 0 Å². The molecule has 5 nitrogen and oxygen atoms in total. The van der Waals surface area contributed by atoms with Crippen LogP contribution in [0.4, 0.5) is 0 Å². The lowest BCUT2D eigenvalue weighted by atomic mass is 10.1. The third-order valence-corrected chi connectivity index (χ3v) is 2.99. The first-order valence-electron chi connectivity index (χ1n) is 6.85. The van der Waals surface area contributed by atoms with Gasteiger partial charge in [0.2, 0.25) is 5.89 Å². The van der Waals surface area contributed by atoms with E-state index in [9.17, 15) is 0 Å². The molecule has 2 aromatic rings. The van der Waals surface area contributed by atoms with Crippen LogP contribution in [0.25, 0.3) is 11.5 Å². The first kappa shape index (κ1) is 15.4. The molecule has 0 aliphatic rings. The largest absolute Gasteiger partial charge is 0.497 e. The fourth-order valence-electron chi connectivity index (χ4n) is 1.84. The Balaban J connectivity index is 2.21. The first-order valence-corrected chi connectivity index (χ1v) is 6.85. The highest BCUT2D eigenvalue weighted by molar-refractivity contribution is 5.64. The SMILES string of the molecule is COc1ccc(-c2nc(CNC(C)(C)C)co2)c(OC)c1. The summed E-state index contributed by atoms with van der Waals surface area (Å²) in [5, 5.41) is 3.38. The lowest BCUT2D eigenvalue weighted by molar-refractivity contribution is 0.394. The summed E-state index contributed by atoms with van der Waals surface area (Å²) in [6, 6.07) is 5.55. The normalized spacial score (nSPS) is 11.5. The Labute approximate surface area is 125 Å². The molecule has 0 fully saturated rings. The zero-order valence-corrected chi connectivity index (χ0v) is 13.2. The summed E-state index contributed by atoms with van der Waals surface area (Å²) < 4.78 is 16.1. The minimum atomic E-state index is 0.0386. The maximum absolute atomic E-state index is 5.56. The van der Waals surface area contributed by atoms with E-state index in [4.69, 9.17) is 13.9 Å². The number of rotatable bonds is 5. The van der Waals surface area contributed by atoms with Gasteiger partial charge in [0.15, 0.2) is 0 Å². The van der Waals surface area contributed by atoms with Gasteiger partial charge < -0.3 is 19.2 Å². The molecule has 21 heavy (non-hydrogen) atoms. The van der Waals surface area contributed by atoms with Crippen LogP contribution in [0.2, 0.25) is 0 Å². The number of nitrogens with zero attached hydrogens (tertiary/aromatic N) is 1. The van der Waals surface area contributed by atoms with Gasteiger partial charge in [-0.1, -0.05) is 0 Å². The number of ether oxygens (including phenoxy) is 2. The molecule has 0 bridgehead atoms. The van der Waals surface area contributed by atoms with Crippen molar-refractivity contribution in [2.24, 2.45) is 0 Å². The smallest absolute Gasteiger partial charge is 0.229 e. The lowest BCUT2D eigenvalue weighted by Gasteiger charge is -2.19. The molecular weight excluding hydrogens is 268 g/mol. The van der Waals surface area contributed by atoms with E-state index in [1.165, 1.54) is 0 Å². The second-order valence-electron chi connectivity index (χ2n) is 5.81. The fourth-order valence-corrected chi connectivity index (χ4v) is 1.84. The molecule has 0 aliphatic heterocycles. The molecule has 0 spiro atoms. The summed E-state index contributed by atoms with van der Waals surface area (Å²) >= 11 is 0. The van der Waals surface area contributed by atoms with Gasteiger partial charge in [0, 0.05) is 18.2 Å². The molecule has 0 saturated heterocycles. The number of oxazole rings is 1. The van der Waals surface area contributed by atoms with Crippen LogP contribution in [0.1, 0.15) is 26.5 Å². The van der Waals surface area contributed by atoms with Crippen molar-refractivity contribution in [2.45, 2.75) is 32.9 Å². The molecule has 1 aromatic heterocycles. The summed E-state index contributed by atoms with van der Waals surface area (Å²) in [5.41, 5.74) is 1.70. The summed E-state index contributed by atoms with van der Waals surface area (Å²) in [5.74, 6) is 1.95. The highest BCUT2D eigenvalue weighted by atomic mass is 16.5. The van der Waals surface area contributed by atoms with Crippen molar-refractivity contribution in [3.05, 3.63) is 30.2 Å². The zero-order valence-electron chi connectivity index (χ0n) is 13.2. The summed E-state index contributed by atoms with van der Waals surface area (Å²) in [7, 11) is 3.24. The number of aromatic nitrogens is 1.